The minimum Gasteiger partial charge on any atom is -0.507 e. The van der Waals surface area contributed by atoms with Crippen molar-refractivity contribution in [3.05, 3.63) is 29.3 Å². The quantitative estimate of drug-likeness (QED) is 0.822. The summed E-state index contributed by atoms with van der Waals surface area (Å²) in [5.41, 5.74) is 1.98. The summed E-state index contributed by atoms with van der Waals surface area (Å²) in [5, 5.41) is 9.91. The molecule has 0 atom stereocenters. The third-order valence-corrected chi connectivity index (χ3v) is 3.29. The van der Waals surface area contributed by atoms with Gasteiger partial charge in [0.25, 0.3) is 0 Å². The number of aromatic hydroxyl groups is 1. The molecule has 3 heteroatoms. The summed E-state index contributed by atoms with van der Waals surface area (Å²) in [4.78, 5) is 11.5. The fourth-order valence-electron chi connectivity index (χ4n) is 2.40. The van der Waals surface area contributed by atoms with Crippen molar-refractivity contribution in [1.29, 1.82) is 0 Å². The van der Waals surface area contributed by atoms with Crippen LogP contribution in [0.5, 0.6) is 11.5 Å². The van der Waals surface area contributed by atoms with Crippen LogP contribution in [0.1, 0.15) is 50.5 Å². The van der Waals surface area contributed by atoms with Gasteiger partial charge in [-0.05, 0) is 44.4 Å². The Labute approximate surface area is 113 Å². The summed E-state index contributed by atoms with van der Waals surface area (Å²) in [5.74, 6) is 0.797. The normalized spacial score (nSPS) is 16.6. The van der Waals surface area contributed by atoms with E-state index < -0.39 is 5.60 Å². The van der Waals surface area contributed by atoms with Crippen LogP contribution >= 0.6 is 0 Å². The summed E-state index contributed by atoms with van der Waals surface area (Å²) < 4.78 is 5.87. The first-order chi connectivity index (χ1) is 8.71. The summed E-state index contributed by atoms with van der Waals surface area (Å²) in [6.07, 6.45) is 2.08. The maximum atomic E-state index is 11.5. The summed E-state index contributed by atoms with van der Waals surface area (Å²) in [7, 11) is 0. The minimum atomic E-state index is -0.406. The van der Waals surface area contributed by atoms with Crippen LogP contribution in [0.15, 0.2) is 18.2 Å². The molecule has 0 fully saturated rings. The maximum absolute atomic E-state index is 11.5. The van der Waals surface area contributed by atoms with E-state index >= 15 is 0 Å². The van der Waals surface area contributed by atoms with E-state index in [1.165, 1.54) is 6.92 Å². The van der Waals surface area contributed by atoms with Crippen molar-refractivity contribution >= 4 is 11.4 Å². The van der Waals surface area contributed by atoms with Gasteiger partial charge >= 0.3 is 0 Å². The molecule has 1 aromatic rings. The number of carbonyl (C=O) groups is 1. The molecular formula is C16H20O3. The number of phenolic OH excluding ortho intramolecular Hbond substituents is 1. The summed E-state index contributed by atoms with van der Waals surface area (Å²) >= 11 is 0. The Morgan fingerprint density at radius 3 is 2.47 bits per heavy atom. The number of ether oxygens (including phenoxy) is 1. The Kier molecular flexibility index (Phi) is 3.17. The lowest BCUT2D eigenvalue weighted by Gasteiger charge is -2.33. The molecule has 1 heterocycles. The monoisotopic (exact) mass is 260 g/mol. The van der Waals surface area contributed by atoms with E-state index in [-0.39, 0.29) is 11.5 Å². The molecule has 1 aliphatic rings. The van der Waals surface area contributed by atoms with Gasteiger partial charge in [-0.1, -0.05) is 13.8 Å². The first-order valence-electron chi connectivity index (χ1n) is 6.51. The van der Waals surface area contributed by atoms with Crippen LogP contribution in [0.25, 0.3) is 5.57 Å². The number of carbonyl (C=O) groups excluding carboxylic acids is 1. The first-order valence-corrected chi connectivity index (χ1v) is 6.51. The molecule has 19 heavy (non-hydrogen) atoms. The fraction of sp³-hybridized carbons (Fsp3) is 0.438. The van der Waals surface area contributed by atoms with Crippen LogP contribution in [0.3, 0.4) is 0 Å². The van der Waals surface area contributed by atoms with Gasteiger partial charge in [0, 0.05) is 11.6 Å². The Morgan fingerprint density at radius 1 is 1.32 bits per heavy atom. The summed E-state index contributed by atoms with van der Waals surface area (Å²) in [6.45, 7) is 9.63. The highest BCUT2D eigenvalue weighted by atomic mass is 16.5. The number of benzene rings is 1. The molecule has 0 saturated carbocycles. The molecule has 0 spiro atoms. The molecule has 0 amide bonds. The Balaban J connectivity index is 2.66. The predicted molar refractivity (Wildman–Crippen MR) is 75.6 cm³/mol. The number of rotatable bonds is 2. The second kappa shape index (κ2) is 4.41. The van der Waals surface area contributed by atoms with E-state index in [1.807, 2.05) is 13.8 Å². The zero-order valence-electron chi connectivity index (χ0n) is 12.1. The molecule has 0 radical (unpaired) electrons. The number of allylic oxidation sites excluding steroid dienone is 1. The molecule has 1 N–H and O–H groups in total. The molecule has 0 bridgehead atoms. The molecule has 102 valence electrons. The van der Waals surface area contributed by atoms with E-state index in [2.05, 4.69) is 19.9 Å². The highest BCUT2D eigenvalue weighted by Gasteiger charge is 2.29. The number of ketones is 1. The molecular weight excluding hydrogens is 240 g/mol. The molecule has 0 unspecified atom stereocenters. The SMILES string of the molecule is CC(=O)c1cc2c(cc1O)OC(C)(C)C=C2C(C)C. The zero-order valence-corrected chi connectivity index (χ0v) is 12.1. The zero-order chi connectivity index (χ0) is 14.4. The lowest BCUT2D eigenvalue weighted by Crippen LogP contribution is -2.29. The van der Waals surface area contributed by atoms with Crippen LogP contribution in [0.2, 0.25) is 0 Å². The highest BCUT2D eigenvalue weighted by Crippen LogP contribution is 2.42. The molecule has 2 rings (SSSR count). The third kappa shape index (κ3) is 2.50. The van der Waals surface area contributed by atoms with Gasteiger partial charge in [-0.2, -0.15) is 0 Å². The number of hydrogen-bond acceptors (Lipinski definition) is 3. The second-order valence-corrected chi connectivity index (χ2v) is 5.88. The highest BCUT2D eigenvalue weighted by molar-refractivity contribution is 5.98. The van der Waals surface area contributed by atoms with Crippen molar-refractivity contribution in [2.24, 2.45) is 5.92 Å². The van der Waals surface area contributed by atoms with Crippen LogP contribution in [-0.2, 0) is 0 Å². The molecule has 3 nitrogen and oxygen atoms in total. The van der Waals surface area contributed by atoms with E-state index in [0.29, 0.717) is 17.2 Å². The van der Waals surface area contributed by atoms with Crippen molar-refractivity contribution in [3.63, 3.8) is 0 Å². The smallest absolute Gasteiger partial charge is 0.163 e. The van der Waals surface area contributed by atoms with Crippen LogP contribution in [0.4, 0.5) is 0 Å². The van der Waals surface area contributed by atoms with Crippen LogP contribution in [-0.4, -0.2) is 16.5 Å². The van der Waals surface area contributed by atoms with Gasteiger partial charge in [-0.25, -0.2) is 0 Å². The van der Waals surface area contributed by atoms with Crippen molar-refractivity contribution in [2.45, 2.75) is 40.2 Å². The standard InChI is InChI=1S/C16H20O3/c1-9(2)13-8-16(4,5)19-15-7-14(18)11(10(3)17)6-12(13)15/h6-9,18H,1-5H3. The number of Topliss-reactive ketones (excluding diaryl/α,β-unsaturated/α-hetero) is 1. The number of phenols is 1. The van der Waals surface area contributed by atoms with E-state index in [4.69, 9.17) is 4.74 Å². The van der Waals surface area contributed by atoms with E-state index in [0.717, 1.165) is 11.1 Å². The molecule has 0 aliphatic carbocycles. The van der Waals surface area contributed by atoms with Gasteiger partial charge in [0.1, 0.15) is 17.1 Å². The topological polar surface area (TPSA) is 46.5 Å². The largest absolute Gasteiger partial charge is 0.507 e. The molecule has 1 aromatic carbocycles. The van der Waals surface area contributed by atoms with Gasteiger partial charge in [0.15, 0.2) is 5.78 Å². The lowest BCUT2D eigenvalue weighted by atomic mass is 9.86. The molecule has 0 aromatic heterocycles. The fourth-order valence-corrected chi connectivity index (χ4v) is 2.40. The van der Waals surface area contributed by atoms with Gasteiger partial charge in [0.05, 0.1) is 5.56 Å². The van der Waals surface area contributed by atoms with Crippen LogP contribution < -0.4 is 4.74 Å². The van der Waals surface area contributed by atoms with E-state index in [1.54, 1.807) is 12.1 Å². The average Bonchev–Trinajstić information content (AvgIpc) is 2.25. The van der Waals surface area contributed by atoms with Crippen molar-refractivity contribution in [1.82, 2.24) is 0 Å². The van der Waals surface area contributed by atoms with E-state index in [9.17, 15) is 9.90 Å². The Bertz CT molecular complexity index is 566. The van der Waals surface area contributed by atoms with Crippen LogP contribution in [0, 0.1) is 5.92 Å². The number of fused-ring (bicyclic) bond motifs is 1. The maximum Gasteiger partial charge on any atom is 0.163 e. The lowest BCUT2D eigenvalue weighted by molar-refractivity contribution is 0.101. The van der Waals surface area contributed by atoms with Gasteiger partial charge in [-0.3, -0.25) is 4.79 Å². The van der Waals surface area contributed by atoms with Crippen molar-refractivity contribution in [3.8, 4) is 11.5 Å². The number of hydrogen-bond donors (Lipinski definition) is 1. The molecule has 0 saturated heterocycles. The second-order valence-electron chi connectivity index (χ2n) is 5.88. The summed E-state index contributed by atoms with van der Waals surface area (Å²) in [6, 6.07) is 3.28. The van der Waals surface area contributed by atoms with Crippen molar-refractivity contribution in [2.75, 3.05) is 0 Å². The Morgan fingerprint density at radius 2 is 1.95 bits per heavy atom. The van der Waals surface area contributed by atoms with Gasteiger partial charge in [0.2, 0.25) is 0 Å². The first kappa shape index (κ1) is 13.7. The van der Waals surface area contributed by atoms with Crippen molar-refractivity contribution < 1.29 is 14.6 Å². The Hall–Kier alpha value is -1.77. The third-order valence-electron chi connectivity index (χ3n) is 3.29. The predicted octanol–water partition coefficient (Wildman–Crippen LogP) is 3.81. The van der Waals surface area contributed by atoms with Gasteiger partial charge in [-0.15, -0.1) is 0 Å². The average molecular weight is 260 g/mol. The van der Waals surface area contributed by atoms with Gasteiger partial charge < -0.3 is 9.84 Å². The minimum absolute atomic E-state index is 0.0212. The molecule has 1 aliphatic heterocycles.